The van der Waals surface area contributed by atoms with Gasteiger partial charge in [0.2, 0.25) is 0 Å². The minimum Gasteiger partial charge on any atom is -0.471 e. The maximum absolute atomic E-state index is 12.3. The van der Waals surface area contributed by atoms with E-state index in [1.165, 1.54) is 12.8 Å². The molecule has 0 atom stereocenters. The van der Waals surface area contributed by atoms with E-state index in [-0.39, 0.29) is 5.91 Å². The van der Waals surface area contributed by atoms with Gasteiger partial charge in [0.1, 0.15) is 11.4 Å². The zero-order valence-electron chi connectivity index (χ0n) is 14.0. The van der Waals surface area contributed by atoms with Gasteiger partial charge >= 0.3 is 0 Å². The zero-order valence-corrected chi connectivity index (χ0v) is 14.0. The number of benzene rings is 1. The predicted molar refractivity (Wildman–Crippen MR) is 88.5 cm³/mol. The highest BCUT2D eigenvalue weighted by molar-refractivity contribution is 5.92. The van der Waals surface area contributed by atoms with E-state index in [1.54, 1.807) is 21.8 Å². The minimum absolute atomic E-state index is 0.0259. The van der Waals surface area contributed by atoms with Crippen LogP contribution in [0.25, 0.3) is 0 Å². The Balaban J connectivity index is 1.59. The van der Waals surface area contributed by atoms with Crippen LogP contribution < -0.4 is 4.74 Å². The average molecular weight is 313 g/mol. The van der Waals surface area contributed by atoms with Crippen LogP contribution in [-0.2, 0) is 6.73 Å². The van der Waals surface area contributed by atoms with E-state index in [2.05, 4.69) is 11.2 Å². The van der Waals surface area contributed by atoms with Crippen LogP contribution in [0.4, 0.5) is 0 Å². The zero-order chi connectivity index (χ0) is 16.4. The summed E-state index contributed by atoms with van der Waals surface area (Å²) in [6.07, 6.45) is 4.24. The molecule has 0 saturated heterocycles. The predicted octanol–water partition coefficient (Wildman–Crippen LogP) is 3.02. The Bertz CT molecular complexity index is 684. The van der Waals surface area contributed by atoms with E-state index in [0.717, 1.165) is 23.4 Å². The average Bonchev–Trinajstić information content (AvgIpc) is 3.18. The maximum atomic E-state index is 12.3. The van der Waals surface area contributed by atoms with Crippen molar-refractivity contribution in [2.24, 2.45) is 5.92 Å². The second kappa shape index (κ2) is 6.44. The van der Waals surface area contributed by atoms with Gasteiger partial charge in [0.15, 0.2) is 6.73 Å². The first-order valence-electron chi connectivity index (χ1n) is 8.01. The molecule has 0 bridgehead atoms. The van der Waals surface area contributed by atoms with Gasteiger partial charge < -0.3 is 9.64 Å². The molecule has 1 aromatic heterocycles. The van der Waals surface area contributed by atoms with Gasteiger partial charge in [-0.3, -0.25) is 4.79 Å². The second-order valence-corrected chi connectivity index (χ2v) is 6.47. The van der Waals surface area contributed by atoms with Crippen LogP contribution in [0.5, 0.6) is 5.75 Å². The lowest BCUT2D eigenvalue weighted by atomic mass is 10.1. The van der Waals surface area contributed by atoms with E-state index in [9.17, 15) is 4.79 Å². The molecule has 1 fully saturated rings. The first-order valence-corrected chi connectivity index (χ1v) is 8.01. The fourth-order valence-electron chi connectivity index (χ4n) is 2.67. The summed E-state index contributed by atoms with van der Waals surface area (Å²) in [5.41, 5.74) is 2.80. The molecule has 23 heavy (non-hydrogen) atoms. The van der Waals surface area contributed by atoms with Gasteiger partial charge in [0.05, 0.1) is 0 Å². The maximum Gasteiger partial charge on any atom is 0.274 e. The summed E-state index contributed by atoms with van der Waals surface area (Å²) in [6.45, 7) is 5.20. The lowest BCUT2D eigenvalue weighted by Crippen LogP contribution is -2.29. The van der Waals surface area contributed by atoms with Crippen molar-refractivity contribution >= 4 is 5.91 Å². The normalized spacial score (nSPS) is 13.9. The summed E-state index contributed by atoms with van der Waals surface area (Å²) < 4.78 is 7.41. The second-order valence-electron chi connectivity index (χ2n) is 6.47. The molecule has 0 N–H and O–H groups in total. The van der Waals surface area contributed by atoms with Crippen molar-refractivity contribution in [2.45, 2.75) is 33.4 Å². The topological polar surface area (TPSA) is 47.4 Å². The molecule has 0 unspecified atom stereocenters. The highest BCUT2D eigenvalue weighted by Crippen LogP contribution is 2.29. The molecular formula is C18H23N3O2. The molecule has 1 amide bonds. The Hall–Kier alpha value is -2.30. The van der Waals surface area contributed by atoms with Gasteiger partial charge in [-0.15, -0.1) is 0 Å². The third-order valence-corrected chi connectivity index (χ3v) is 3.99. The highest BCUT2D eigenvalue weighted by Gasteiger charge is 2.26. The molecular weight excluding hydrogens is 290 g/mol. The van der Waals surface area contributed by atoms with Crippen molar-refractivity contribution in [3.05, 3.63) is 47.3 Å². The summed E-state index contributed by atoms with van der Waals surface area (Å²) in [6, 6.07) is 7.84. The molecule has 1 aliphatic rings. The third kappa shape index (κ3) is 4.12. The Morgan fingerprint density at radius 3 is 2.65 bits per heavy atom. The number of rotatable bonds is 6. The molecule has 1 aromatic carbocycles. The first-order chi connectivity index (χ1) is 11.0. The van der Waals surface area contributed by atoms with Crippen molar-refractivity contribution in [1.82, 2.24) is 14.7 Å². The van der Waals surface area contributed by atoms with Crippen LogP contribution in [0, 0.1) is 19.8 Å². The van der Waals surface area contributed by atoms with Gasteiger partial charge in [-0.1, -0.05) is 6.07 Å². The van der Waals surface area contributed by atoms with Gasteiger partial charge in [-0.2, -0.15) is 5.10 Å². The Morgan fingerprint density at radius 1 is 1.30 bits per heavy atom. The summed E-state index contributed by atoms with van der Waals surface area (Å²) in [5.74, 6) is 1.47. The van der Waals surface area contributed by atoms with E-state index in [1.807, 2.05) is 33.0 Å². The molecule has 5 nitrogen and oxygen atoms in total. The largest absolute Gasteiger partial charge is 0.471 e. The van der Waals surface area contributed by atoms with Crippen molar-refractivity contribution < 1.29 is 9.53 Å². The van der Waals surface area contributed by atoms with E-state index in [0.29, 0.717) is 18.3 Å². The van der Waals surface area contributed by atoms with Crippen LogP contribution in [0.15, 0.2) is 30.5 Å². The Morgan fingerprint density at radius 2 is 2.00 bits per heavy atom. The number of hydrogen-bond acceptors (Lipinski definition) is 3. The number of hydrogen-bond donors (Lipinski definition) is 0. The number of amides is 1. The van der Waals surface area contributed by atoms with Crippen LogP contribution in [0.3, 0.4) is 0 Å². The molecule has 2 aromatic rings. The van der Waals surface area contributed by atoms with E-state index >= 15 is 0 Å². The molecule has 122 valence electrons. The SMILES string of the molecule is Cc1cc(C)cc(OCn2ccc(C(=O)N(C)CC3CC3)n2)c1. The third-order valence-electron chi connectivity index (χ3n) is 3.99. The van der Waals surface area contributed by atoms with Gasteiger partial charge in [0, 0.05) is 19.8 Å². The number of carbonyl (C=O) groups excluding carboxylic acids is 1. The fraction of sp³-hybridized carbons (Fsp3) is 0.444. The van der Waals surface area contributed by atoms with Gasteiger partial charge in [-0.05, 0) is 61.9 Å². The number of ether oxygens (including phenoxy) is 1. The fourth-order valence-corrected chi connectivity index (χ4v) is 2.67. The first kappa shape index (κ1) is 15.6. The molecule has 0 aliphatic heterocycles. The monoisotopic (exact) mass is 313 g/mol. The Labute approximate surface area is 136 Å². The quantitative estimate of drug-likeness (QED) is 0.823. The summed E-state index contributed by atoms with van der Waals surface area (Å²) in [4.78, 5) is 14.1. The lowest BCUT2D eigenvalue weighted by Gasteiger charge is -2.15. The number of carbonyl (C=O) groups is 1. The van der Waals surface area contributed by atoms with Crippen molar-refractivity contribution in [2.75, 3.05) is 13.6 Å². The van der Waals surface area contributed by atoms with Crippen LogP contribution >= 0.6 is 0 Å². The highest BCUT2D eigenvalue weighted by atomic mass is 16.5. The smallest absolute Gasteiger partial charge is 0.274 e. The summed E-state index contributed by atoms with van der Waals surface area (Å²) in [7, 11) is 1.84. The van der Waals surface area contributed by atoms with Gasteiger partial charge in [0.25, 0.3) is 5.91 Å². The summed E-state index contributed by atoms with van der Waals surface area (Å²) >= 11 is 0. The van der Waals surface area contributed by atoms with Gasteiger partial charge in [-0.25, -0.2) is 4.68 Å². The van der Waals surface area contributed by atoms with Crippen molar-refractivity contribution in [3.8, 4) is 5.75 Å². The number of aryl methyl sites for hydroxylation is 2. The van der Waals surface area contributed by atoms with Crippen molar-refractivity contribution in [3.63, 3.8) is 0 Å². The van der Waals surface area contributed by atoms with Crippen LogP contribution in [0.1, 0.15) is 34.5 Å². The number of nitrogens with zero attached hydrogens (tertiary/aromatic N) is 3. The molecule has 5 heteroatoms. The standard InChI is InChI=1S/C18H23N3O2/c1-13-8-14(2)10-16(9-13)23-12-21-7-6-17(19-21)18(22)20(3)11-15-4-5-15/h6-10,15H,4-5,11-12H2,1-3H3. The van der Waals surface area contributed by atoms with Crippen LogP contribution in [-0.4, -0.2) is 34.2 Å². The van der Waals surface area contributed by atoms with E-state index < -0.39 is 0 Å². The molecule has 0 spiro atoms. The molecule has 1 heterocycles. The van der Waals surface area contributed by atoms with Crippen molar-refractivity contribution in [1.29, 1.82) is 0 Å². The molecule has 1 saturated carbocycles. The lowest BCUT2D eigenvalue weighted by molar-refractivity contribution is 0.0781. The Kier molecular flexibility index (Phi) is 4.37. The molecule has 0 radical (unpaired) electrons. The molecule has 1 aliphatic carbocycles. The summed E-state index contributed by atoms with van der Waals surface area (Å²) in [5, 5.41) is 4.32. The van der Waals surface area contributed by atoms with Crippen LogP contribution in [0.2, 0.25) is 0 Å². The number of aromatic nitrogens is 2. The van der Waals surface area contributed by atoms with E-state index in [4.69, 9.17) is 4.74 Å². The molecule has 3 rings (SSSR count). The minimum atomic E-state index is -0.0259.